The highest BCUT2D eigenvalue weighted by molar-refractivity contribution is 6.31. The number of benzene rings is 1. The van der Waals surface area contributed by atoms with Crippen LogP contribution in [0.3, 0.4) is 0 Å². The highest BCUT2D eigenvalue weighted by atomic mass is 35.5. The van der Waals surface area contributed by atoms with Crippen molar-refractivity contribution in [1.82, 2.24) is 0 Å². The van der Waals surface area contributed by atoms with E-state index in [2.05, 4.69) is 0 Å². The SMILES string of the molecule is CCOC(=O)Cc1cc(N)c(C)c(Cl)c1. The Morgan fingerprint density at radius 3 is 2.73 bits per heavy atom. The Balaban J connectivity index is 2.83. The molecule has 0 aliphatic carbocycles. The van der Waals surface area contributed by atoms with Crippen molar-refractivity contribution in [3.05, 3.63) is 28.3 Å². The van der Waals surface area contributed by atoms with Gasteiger partial charge >= 0.3 is 5.97 Å². The predicted molar refractivity (Wildman–Crippen MR) is 60.9 cm³/mol. The molecule has 0 saturated carbocycles. The van der Waals surface area contributed by atoms with Crippen molar-refractivity contribution in [2.45, 2.75) is 20.3 Å². The Morgan fingerprint density at radius 2 is 2.20 bits per heavy atom. The molecule has 82 valence electrons. The summed E-state index contributed by atoms with van der Waals surface area (Å²) >= 11 is 5.95. The van der Waals surface area contributed by atoms with E-state index < -0.39 is 0 Å². The summed E-state index contributed by atoms with van der Waals surface area (Å²) in [5, 5.41) is 0.578. The lowest BCUT2D eigenvalue weighted by Crippen LogP contribution is -2.08. The highest BCUT2D eigenvalue weighted by Crippen LogP contribution is 2.23. The van der Waals surface area contributed by atoms with Crippen LogP contribution in [-0.2, 0) is 16.0 Å². The molecule has 0 atom stereocenters. The van der Waals surface area contributed by atoms with Gasteiger partial charge in [-0.1, -0.05) is 11.6 Å². The van der Waals surface area contributed by atoms with Gasteiger partial charge in [-0.15, -0.1) is 0 Å². The normalized spacial score (nSPS) is 10.1. The largest absolute Gasteiger partial charge is 0.466 e. The molecule has 0 aliphatic rings. The summed E-state index contributed by atoms with van der Waals surface area (Å²) in [7, 11) is 0. The van der Waals surface area contributed by atoms with Gasteiger partial charge in [-0.3, -0.25) is 4.79 Å². The average molecular weight is 228 g/mol. The molecule has 0 heterocycles. The van der Waals surface area contributed by atoms with Crippen molar-refractivity contribution in [2.24, 2.45) is 0 Å². The predicted octanol–water partition coefficient (Wildman–Crippen LogP) is 2.34. The van der Waals surface area contributed by atoms with Gasteiger partial charge < -0.3 is 10.5 Å². The molecule has 0 amide bonds. The van der Waals surface area contributed by atoms with Gasteiger partial charge in [0.2, 0.25) is 0 Å². The Bertz CT molecular complexity index is 354. The van der Waals surface area contributed by atoms with Gasteiger partial charge in [-0.2, -0.15) is 0 Å². The number of esters is 1. The maximum atomic E-state index is 11.2. The van der Waals surface area contributed by atoms with Crippen LogP contribution in [0, 0.1) is 6.92 Å². The summed E-state index contributed by atoms with van der Waals surface area (Å²) in [4.78, 5) is 11.2. The van der Waals surface area contributed by atoms with Crippen LogP contribution in [0.4, 0.5) is 5.69 Å². The van der Waals surface area contributed by atoms with Crippen LogP contribution in [0.25, 0.3) is 0 Å². The standard InChI is InChI=1S/C11H14ClNO2/c1-3-15-11(14)6-8-4-9(12)7(2)10(13)5-8/h4-5H,3,6,13H2,1-2H3. The van der Waals surface area contributed by atoms with E-state index in [0.29, 0.717) is 17.3 Å². The van der Waals surface area contributed by atoms with Crippen LogP contribution in [0.5, 0.6) is 0 Å². The van der Waals surface area contributed by atoms with Gasteiger partial charge in [-0.05, 0) is 37.1 Å². The van der Waals surface area contributed by atoms with Gasteiger partial charge in [0.25, 0.3) is 0 Å². The lowest BCUT2D eigenvalue weighted by molar-refractivity contribution is -0.142. The third kappa shape index (κ3) is 3.13. The lowest BCUT2D eigenvalue weighted by Gasteiger charge is -2.07. The third-order valence-corrected chi connectivity index (χ3v) is 2.49. The monoisotopic (exact) mass is 227 g/mol. The topological polar surface area (TPSA) is 52.3 Å². The fraction of sp³-hybridized carbons (Fsp3) is 0.364. The fourth-order valence-electron chi connectivity index (χ4n) is 1.24. The van der Waals surface area contributed by atoms with Crippen molar-refractivity contribution in [2.75, 3.05) is 12.3 Å². The van der Waals surface area contributed by atoms with E-state index >= 15 is 0 Å². The molecule has 0 saturated heterocycles. The molecule has 1 aromatic rings. The summed E-state index contributed by atoms with van der Waals surface area (Å²) < 4.78 is 4.83. The first-order valence-corrected chi connectivity index (χ1v) is 5.12. The van der Waals surface area contributed by atoms with E-state index in [-0.39, 0.29) is 12.4 Å². The van der Waals surface area contributed by atoms with Gasteiger partial charge in [0.1, 0.15) is 0 Å². The molecule has 0 bridgehead atoms. The Hall–Kier alpha value is -1.22. The van der Waals surface area contributed by atoms with Gasteiger partial charge in [0.05, 0.1) is 13.0 Å². The van der Waals surface area contributed by atoms with Crippen molar-refractivity contribution in [3.8, 4) is 0 Å². The maximum Gasteiger partial charge on any atom is 0.310 e. The average Bonchev–Trinajstić information content (AvgIpc) is 2.14. The number of carbonyl (C=O) groups is 1. The number of nitrogen functional groups attached to an aromatic ring is 1. The number of rotatable bonds is 3. The molecule has 0 radical (unpaired) electrons. The maximum absolute atomic E-state index is 11.2. The van der Waals surface area contributed by atoms with Crippen LogP contribution in [0.15, 0.2) is 12.1 Å². The number of hydrogen-bond acceptors (Lipinski definition) is 3. The minimum absolute atomic E-state index is 0.206. The molecule has 1 aromatic carbocycles. The third-order valence-electron chi connectivity index (χ3n) is 2.10. The van der Waals surface area contributed by atoms with Crippen molar-refractivity contribution in [3.63, 3.8) is 0 Å². The number of halogens is 1. The van der Waals surface area contributed by atoms with Gasteiger partial charge in [0, 0.05) is 10.7 Å². The number of nitrogens with two attached hydrogens (primary N) is 1. The number of anilines is 1. The minimum Gasteiger partial charge on any atom is -0.466 e. The Kier molecular flexibility index (Phi) is 3.97. The minimum atomic E-state index is -0.267. The zero-order valence-corrected chi connectivity index (χ0v) is 9.60. The molecule has 0 aliphatic heterocycles. The van der Waals surface area contributed by atoms with Crippen LogP contribution in [0.1, 0.15) is 18.1 Å². The first-order chi connectivity index (χ1) is 7.04. The zero-order valence-electron chi connectivity index (χ0n) is 8.84. The van der Waals surface area contributed by atoms with E-state index in [9.17, 15) is 4.79 Å². The Morgan fingerprint density at radius 1 is 1.53 bits per heavy atom. The van der Waals surface area contributed by atoms with E-state index in [0.717, 1.165) is 11.1 Å². The summed E-state index contributed by atoms with van der Waals surface area (Å²) in [5.74, 6) is -0.267. The van der Waals surface area contributed by atoms with Crippen molar-refractivity contribution in [1.29, 1.82) is 0 Å². The molecular weight excluding hydrogens is 214 g/mol. The molecular formula is C11H14ClNO2. The molecule has 0 aromatic heterocycles. The fourth-order valence-corrected chi connectivity index (χ4v) is 1.49. The molecule has 0 fully saturated rings. The van der Waals surface area contributed by atoms with E-state index in [4.69, 9.17) is 22.1 Å². The van der Waals surface area contributed by atoms with Crippen LogP contribution in [0.2, 0.25) is 5.02 Å². The molecule has 0 spiro atoms. The van der Waals surface area contributed by atoms with E-state index in [1.165, 1.54) is 0 Å². The second-order valence-electron chi connectivity index (χ2n) is 3.27. The van der Waals surface area contributed by atoms with Crippen LogP contribution < -0.4 is 5.73 Å². The number of ether oxygens (including phenoxy) is 1. The first kappa shape index (κ1) is 11.9. The smallest absolute Gasteiger partial charge is 0.310 e. The molecule has 0 unspecified atom stereocenters. The van der Waals surface area contributed by atoms with Gasteiger partial charge in [-0.25, -0.2) is 0 Å². The van der Waals surface area contributed by atoms with Crippen molar-refractivity contribution < 1.29 is 9.53 Å². The number of hydrogen-bond donors (Lipinski definition) is 1. The van der Waals surface area contributed by atoms with Crippen LogP contribution in [-0.4, -0.2) is 12.6 Å². The van der Waals surface area contributed by atoms with E-state index in [1.54, 1.807) is 19.1 Å². The molecule has 15 heavy (non-hydrogen) atoms. The Labute approximate surface area is 94.2 Å². The molecule has 4 heteroatoms. The first-order valence-electron chi connectivity index (χ1n) is 4.74. The molecule has 1 rings (SSSR count). The molecule has 2 N–H and O–H groups in total. The quantitative estimate of drug-likeness (QED) is 0.637. The summed E-state index contributed by atoms with van der Waals surface area (Å²) in [6.45, 7) is 3.99. The summed E-state index contributed by atoms with van der Waals surface area (Å²) in [6.07, 6.45) is 0.206. The number of carbonyl (C=O) groups excluding carboxylic acids is 1. The molecule has 3 nitrogen and oxygen atoms in total. The zero-order chi connectivity index (χ0) is 11.4. The second kappa shape index (κ2) is 5.03. The van der Waals surface area contributed by atoms with Crippen molar-refractivity contribution >= 4 is 23.3 Å². The lowest BCUT2D eigenvalue weighted by atomic mass is 10.1. The second-order valence-corrected chi connectivity index (χ2v) is 3.68. The summed E-state index contributed by atoms with van der Waals surface area (Å²) in [6, 6.07) is 3.49. The van der Waals surface area contributed by atoms with Gasteiger partial charge in [0.15, 0.2) is 0 Å². The highest BCUT2D eigenvalue weighted by Gasteiger charge is 2.07. The summed E-state index contributed by atoms with van der Waals surface area (Å²) in [5.41, 5.74) is 7.95. The van der Waals surface area contributed by atoms with E-state index in [1.807, 2.05) is 6.92 Å². The van der Waals surface area contributed by atoms with Crippen LogP contribution >= 0.6 is 11.6 Å².